The maximum absolute atomic E-state index is 13.9. The summed E-state index contributed by atoms with van der Waals surface area (Å²) in [5, 5.41) is 12.3. The fourth-order valence-corrected chi connectivity index (χ4v) is 8.81. The van der Waals surface area contributed by atoms with Crippen LogP contribution in [0.3, 0.4) is 0 Å². The van der Waals surface area contributed by atoms with Crippen LogP contribution in [0, 0.1) is 18.3 Å². The average Bonchev–Trinajstić information content (AvgIpc) is 3.75. The summed E-state index contributed by atoms with van der Waals surface area (Å²) in [6, 6.07) is 15.4. The summed E-state index contributed by atoms with van der Waals surface area (Å²) in [6.45, 7) is 12.8. The molecule has 3 aromatic rings. The van der Waals surface area contributed by atoms with Crippen molar-refractivity contribution < 1.29 is 13.9 Å². The highest BCUT2D eigenvalue weighted by atomic mass is 32.2. The van der Waals surface area contributed by atoms with Crippen molar-refractivity contribution in [1.82, 2.24) is 24.7 Å². The van der Waals surface area contributed by atoms with E-state index in [0.717, 1.165) is 43.1 Å². The zero-order valence-corrected chi connectivity index (χ0v) is 29.0. The summed E-state index contributed by atoms with van der Waals surface area (Å²) >= 11 is 1.92. The highest BCUT2D eigenvalue weighted by molar-refractivity contribution is 8.08. The Labute approximate surface area is 286 Å². The van der Waals surface area contributed by atoms with Crippen LogP contribution in [0.2, 0.25) is 0 Å². The number of halogens is 1. The molecule has 0 spiro atoms. The van der Waals surface area contributed by atoms with Crippen LogP contribution in [-0.4, -0.2) is 113 Å². The molecule has 4 aliphatic rings. The molecular weight excluding hydrogens is 628 g/mol. The van der Waals surface area contributed by atoms with E-state index in [1.807, 2.05) is 11.8 Å². The third-order valence-corrected chi connectivity index (χ3v) is 12.3. The third kappa shape index (κ3) is 5.97. The Kier molecular flexibility index (Phi) is 8.73. The number of aromatic nitrogens is 2. The number of aryl methyl sites for hydroxylation is 1. The summed E-state index contributed by atoms with van der Waals surface area (Å²) in [6.07, 6.45) is 0.815. The number of fused-ring (bicyclic) bond motifs is 2. The number of thioether (sulfide) groups is 1. The lowest BCUT2D eigenvalue weighted by Gasteiger charge is -2.44. The number of hydrogen-bond acceptors (Lipinski definition) is 10. The number of nitriles is 1. The van der Waals surface area contributed by atoms with Crippen LogP contribution >= 0.6 is 11.8 Å². The predicted octanol–water partition coefficient (Wildman–Crippen LogP) is 4.37. The number of carbonyl (C=O) groups is 1. The Bertz CT molecular complexity index is 1790. The molecule has 0 radical (unpaired) electrons. The summed E-state index contributed by atoms with van der Waals surface area (Å²) in [5.41, 5.74) is 4.39. The first-order valence-corrected chi connectivity index (χ1v) is 17.6. The van der Waals surface area contributed by atoms with Crippen molar-refractivity contribution in [1.29, 1.82) is 5.26 Å². The molecule has 2 aromatic carbocycles. The lowest BCUT2D eigenvalue weighted by atomic mass is 9.99. The number of ether oxygens (including phenoxy) is 1. The van der Waals surface area contributed by atoms with Crippen LogP contribution in [-0.2, 0) is 17.8 Å². The molecule has 4 aliphatic heterocycles. The summed E-state index contributed by atoms with van der Waals surface area (Å²) in [7, 11) is 4.36. The van der Waals surface area contributed by atoms with E-state index in [-0.39, 0.29) is 17.8 Å². The van der Waals surface area contributed by atoms with Crippen molar-refractivity contribution >= 4 is 39.9 Å². The molecule has 48 heavy (non-hydrogen) atoms. The van der Waals surface area contributed by atoms with Crippen molar-refractivity contribution in [3.8, 4) is 12.1 Å². The number of carbonyl (C=O) groups excluding carboxylic acids is 1. The van der Waals surface area contributed by atoms with E-state index in [9.17, 15) is 14.4 Å². The molecule has 252 valence electrons. The molecule has 1 unspecified atom stereocenters. The molecule has 10 nitrogen and oxygen atoms in total. The van der Waals surface area contributed by atoms with Crippen LogP contribution in [0.15, 0.2) is 48.8 Å². The first kappa shape index (κ1) is 32.6. The second kappa shape index (κ2) is 12.8. The highest BCUT2D eigenvalue weighted by Crippen LogP contribution is 2.56. The van der Waals surface area contributed by atoms with E-state index < -0.39 is 17.8 Å². The summed E-state index contributed by atoms with van der Waals surface area (Å²) < 4.78 is 20.3. The van der Waals surface area contributed by atoms with Gasteiger partial charge in [-0.3, -0.25) is 9.69 Å². The van der Waals surface area contributed by atoms with Gasteiger partial charge in [0.2, 0.25) is 0 Å². The monoisotopic (exact) mass is 670 g/mol. The summed E-state index contributed by atoms with van der Waals surface area (Å²) in [4.78, 5) is 33.4. The number of benzene rings is 2. The Hall–Kier alpha value is -3.92. The van der Waals surface area contributed by atoms with Gasteiger partial charge >= 0.3 is 6.01 Å². The Balaban J connectivity index is 1.18. The third-order valence-electron chi connectivity index (χ3n) is 10.6. The Morgan fingerprint density at radius 3 is 2.67 bits per heavy atom. The Morgan fingerprint density at radius 1 is 1.17 bits per heavy atom. The number of amides is 1. The first-order chi connectivity index (χ1) is 23.1. The van der Waals surface area contributed by atoms with Crippen LogP contribution in [0.25, 0.3) is 10.8 Å². The number of nitrogens with zero attached hydrogens (tertiary/aromatic N) is 8. The second-order valence-electron chi connectivity index (χ2n) is 13.7. The molecule has 7 rings (SSSR count). The number of likely N-dealkylation sites (N-methyl/N-ethyl adjacent to an activating group) is 2. The van der Waals surface area contributed by atoms with Gasteiger partial charge in [0.05, 0.1) is 40.9 Å². The predicted molar refractivity (Wildman–Crippen MR) is 188 cm³/mol. The van der Waals surface area contributed by atoms with E-state index in [1.54, 1.807) is 0 Å². The van der Waals surface area contributed by atoms with E-state index in [2.05, 4.69) is 96.6 Å². The van der Waals surface area contributed by atoms with Gasteiger partial charge in [0.1, 0.15) is 12.4 Å². The normalized spacial score (nSPS) is 24.3. The van der Waals surface area contributed by atoms with Crippen molar-refractivity contribution in [2.24, 2.45) is 0 Å². The zero-order chi connectivity index (χ0) is 33.7. The van der Waals surface area contributed by atoms with E-state index in [1.165, 1.54) is 26.9 Å². The fourth-order valence-electron chi connectivity index (χ4n) is 7.62. The van der Waals surface area contributed by atoms with Gasteiger partial charge in [0, 0.05) is 61.9 Å². The van der Waals surface area contributed by atoms with E-state index >= 15 is 0 Å². The largest absolute Gasteiger partial charge is 0.462 e. The van der Waals surface area contributed by atoms with Crippen LogP contribution in [0.4, 0.5) is 15.9 Å². The van der Waals surface area contributed by atoms with Gasteiger partial charge in [-0.15, -0.1) is 11.8 Å². The van der Waals surface area contributed by atoms with Gasteiger partial charge in [-0.05, 0) is 51.4 Å². The topological polar surface area (TPSA) is 92.1 Å². The van der Waals surface area contributed by atoms with Gasteiger partial charge < -0.3 is 24.3 Å². The van der Waals surface area contributed by atoms with Gasteiger partial charge in [-0.25, -0.2) is 4.39 Å². The van der Waals surface area contributed by atoms with Crippen molar-refractivity contribution in [2.75, 3.05) is 69.8 Å². The Morgan fingerprint density at radius 2 is 1.94 bits per heavy atom. The minimum Gasteiger partial charge on any atom is -0.462 e. The molecule has 1 aromatic heterocycles. The van der Waals surface area contributed by atoms with Crippen molar-refractivity contribution in [2.45, 2.75) is 55.4 Å². The number of anilines is 2. The van der Waals surface area contributed by atoms with E-state index in [4.69, 9.17) is 14.7 Å². The van der Waals surface area contributed by atoms with Crippen LogP contribution in [0.5, 0.6) is 6.01 Å². The van der Waals surface area contributed by atoms with Crippen molar-refractivity contribution in [3.63, 3.8) is 0 Å². The second-order valence-corrected chi connectivity index (χ2v) is 15.3. The van der Waals surface area contributed by atoms with Gasteiger partial charge in [0.25, 0.3) is 5.91 Å². The maximum atomic E-state index is 13.9. The van der Waals surface area contributed by atoms with Gasteiger partial charge in [-0.1, -0.05) is 36.9 Å². The minimum atomic E-state index is -1.01. The smallest absolute Gasteiger partial charge is 0.318 e. The number of piperazine rings is 1. The zero-order valence-electron chi connectivity index (χ0n) is 28.2. The molecule has 0 N–H and O–H groups in total. The van der Waals surface area contributed by atoms with Gasteiger partial charge in [-0.2, -0.15) is 15.2 Å². The minimum absolute atomic E-state index is 0.0137. The van der Waals surface area contributed by atoms with Gasteiger partial charge in [0.15, 0.2) is 5.83 Å². The number of hydrogen-bond donors (Lipinski definition) is 0. The molecule has 1 amide bonds. The molecule has 3 atom stereocenters. The fraction of sp³-hybridized carbons (Fsp3) is 0.500. The SMILES string of the molecule is C=C(F)C(=O)N1CCN(c2nc(OCC3S[C@]3(C)N(C)C3CN(C)C3)nc3c2CCN(c2cccc4cccc(C)c24)C3)C[C@@H]1CC#N. The molecule has 5 heterocycles. The molecule has 0 aliphatic carbocycles. The molecule has 3 fully saturated rings. The maximum Gasteiger partial charge on any atom is 0.318 e. The number of likely N-dealkylation sites (tertiary alicyclic amines) is 1. The van der Waals surface area contributed by atoms with E-state index in [0.29, 0.717) is 43.5 Å². The molecule has 0 saturated carbocycles. The molecule has 12 heteroatoms. The quantitative estimate of drug-likeness (QED) is 0.242. The van der Waals surface area contributed by atoms with Crippen LogP contribution in [0.1, 0.15) is 30.2 Å². The standard InChI is InChI=1S/C36H43FN8O2S/c1-23-8-6-9-25-10-7-11-30(32(23)25)43-15-13-28-29(21-43)39-35(47-22-31-36(3,48-31)42(5)27-18-41(4)19-27)40-33(28)44-16-17-45(34(46)24(2)37)26(20-44)12-14-38/h6-11,26-27,31H,2,12-13,15-22H2,1,3-5H3/t26-,31?,36-/m0/s1. The first-order valence-electron chi connectivity index (χ1n) is 16.7. The average molecular weight is 671 g/mol. The molecule has 3 saturated heterocycles. The lowest BCUT2D eigenvalue weighted by molar-refractivity contribution is -0.131. The molecular formula is C36H43FN8O2S. The molecule has 0 bridgehead atoms. The lowest BCUT2D eigenvalue weighted by Crippen LogP contribution is -2.59. The van der Waals surface area contributed by atoms with Crippen LogP contribution < -0.4 is 14.5 Å². The highest BCUT2D eigenvalue weighted by Gasteiger charge is 2.57. The summed E-state index contributed by atoms with van der Waals surface area (Å²) in [5.74, 6) is -0.989. The van der Waals surface area contributed by atoms with Crippen molar-refractivity contribution in [3.05, 3.63) is 65.6 Å². The number of rotatable bonds is 9.